The highest BCUT2D eigenvalue weighted by Gasteiger charge is 2.35. The monoisotopic (exact) mass is 432 g/mol. The van der Waals surface area contributed by atoms with Gasteiger partial charge in [-0.1, -0.05) is 18.6 Å². The maximum Gasteiger partial charge on any atom is 0.254 e. The van der Waals surface area contributed by atoms with Crippen LogP contribution in [0.5, 0.6) is 0 Å². The predicted molar refractivity (Wildman–Crippen MR) is 122 cm³/mol. The quantitative estimate of drug-likeness (QED) is 0.670. The SMILES string of the molecule is Cc1ccc2nc(-c3cccnc3)cc(C(=O)N3CCC(C)(CN)C3)c2c1.Cl.Cl. The number of pyridine rings is 2. The number of rotatable bonds is 3. The Hall–Kier alpha value is -2.21. The predicted octanol–water partition coefficient (Wildman–Crippen LogP) is 4.26. The zero-order valence-electron chi connectivity index (χ0n) is 16.6. The van der Waals surface area contributed by atoms with Crippen LogP contribution in [0, 0.1) is 12.3 Å². The van der Waals surface area contributed by atoms with Gasteiger partial charge in [0.1, 0.15) is 0 Å². The maximum absolute atomic E-state index is 13.4. The van der Waals surface area contributed by atoms with Crippen molar-refractivity contribution in [2.24, 2.45) is 11.1 Å². The lowest BCUT2D eigenvalue weighted by Gasteiger charge is -2.23. The van der Waals surface area contributed by atoms with E-state index in [1.807, 2.05) is 48.2 Å². The van der Waals surface area contributed by atoms with Crippen LogP contribution in [0.3, 0.4) is 0 Å². The Balaban J connectivity index is 0.00000150. The fourth-order valence-electron chi connectivity index (χ4n) is 3.71. The largest absolute Gasteiger partial charge is 0.338 e. The minimum absolute atomic E-state index is 0. The number of nitrogens with zero attached hydrogens (tertiary/aromatic N) is 3. The van der Waals surface area contributed by atoms with Gasteiger partial charge >= 0.3 is 0 Å². The molecule has 1 amide bonds. The Morgan fingerprint density at radius 1 is 1.24 bits per heavy atom. The van der Waals surface area contributed by atoms with E-state index in [1.165, 1.54) is 0 Å². The molecule has 1 aliphatic heterocycles. The van der Waals surface area contributed by atoms with Crippen molar-refractivity contribution in [1.29, 1.82) is 0 Å². The van der Waals surface area contributed by atoms with Crippen LogP contribution in [0.15, 0.2) is 48.8 Å². The first kappa shape index (κ1) is 23.1. The molecule has 1 unspecified atom stereocenters. The number of carbonyl (C=O) groups excluding carboxylic acids is 1. The number of halogens is 2. The number of aryl methyl sites for hydroxylation is 1. The molecule has 3 aromatic rings. The third-order valence-corrected chi connectivity index (χ3v) is 5.49. The Bertz CT molecular complexity index is 1010. The molecule has 0 saturated carbocycles. The van der Waals surface area contributed by atoms with Crippen LogP contribution in [-0.4, -0.2) is 40.4 Å². The highest BCUT2D eigenvalue weighted by atomic mass is 35.5. The summed E-state index contributed by atoms with van der Waals surface area (Å²) < 4.78 is 0. The smallest absolute Gasteiger partial charge is 0.254 e. The number of aromatic nitrogens is 2. The Labute approximate surface area is 183 Å². The topological polar surface area (TPSA) is 72.1 Å². The number of hydrogen-bond donors (Lipinski definition) is 1. The number of hydrogen-bond acceptors (Lipinski definition) is 4. The number of likely N-dealkylation sites (tertiary alicyclic amines) is 1. The third-order valence-electron chi connectivity index (χ3n) is 5.49. The van der Waals surface area contributed by atoms with Crippen LogP contribution in [-0.2, 0) is 0 Å². The first-order valence-corrected chi connectivity index (χ1v) is 9.30. The van der Waals surface area contributed by atoms with Crippen molar-refractivity contribution in [1.82, 2.24) is 14.9 Å². The zero-order chi connectivity index (χ0) is 19.0. The van der Waals surface area contributed by atoms with Gasteiger partial charge in [0.25, 0.3) is 5.91 Å². The van der Waals surface area contributed by atoms with Crippen LogP contribution < -0.4 is 5.73 Å². The lowest BCUT2D eigenvalue weighted by molar-refractivity contribution is 0.0779. The molecule has 29 heavy (non-hydrogen) atoms. The lowest BCUT2D eigenvalue weighted by Crippen LogP contribution is -2.34. The van der Waals surface area contributed by atoms with Crippen molar-refractivity contribution in [2.45, 2.75) is 20.3 Å². The standard InChI is InChI=1S/C22H24N4O.2ClH/c1-15-5-6-19-17(10-15)18(11-20(25-19)16-4-3-8-24-12-16)21(27)26-9-7-22(2,13-23)14-26;;/h3-6,8,10-12H,7,9,13-14,23H2,1-2H3;2*1H. The van der Waals surface area contributed by atoms with Crippen molar-refractivity contribution >= 4 is 41.6 Å². The van der Waals surface area contributed by atoms with Gasteiger partial charge in [-0.25, -0.2) is 4.98 Å². The Morgan fingerprint density at radius 2 is 2.03 bits per heavy atom. The number of amides is 1. The molecule has 0 bridgehead atoms. The first-order valence-electron chi connectivity index (χ1n) is 9.30. The fraction of sp³-hybridized carbons (Fsp3) is 0.318. The summed E-state index contributed by atoms with van der Waals surface area (Å²) in [6, 6.07) is 11.8. The van der Waals surface area contributed by atoms with Gasteiger partial charge in [0, 0.05) is 36.4 Å². The fourth-order valence-corrected chi connectivity index (χ4v) is 3.71. The third kappa shape index (κ3) is 4.53. The van der Waals surface area contributed by atoms with E-state index in [4.69, 9.17) is 10.7 Å². The van der Waals surface area contributed by atoms with Crippen molar-refractivity contribution in [3.63, 3.8) is 0 Å². The van der Waals surface area contributed by atoms with E-state index in [1.54, 1.807) is 12.4 Å². The molecule has 7 heteroatoms. The average molecular weight is 433 g/mol. The van der Waals surface area contributed by atoms with E-state index in [9.17, 15) is 4.79 Å². The molecular formula is C22H26Cl2N4O. The van der Waals surface area contributed by atoms with Gasteiger partial charge in [-0.3, -0.25) is 9.78 Å². The highest BCUT2D eigenvalue weighted by Crippen LogP contribution is 2.32. The molecule has 1 aromatic carbocycles. The molecular weight excluding hydrogens is 407 g/mol. The molecule has 0 radical (unpaired) electrons. The van der Waals surface area contributed by atoms with Crippen molar-refractivity contribution in [2.75, 3.05) is 19.6 Å². The second-order valence-electron chi connectivity index (χ2n) is 7.81. The molecule has 2 N–H and O–H groups in total. The molecule has 1 fully saturated rings. The summed E-state index contributed by atoms with van der Waals surface area (Å²) in [6.07, 6.45) is 4.45. The summed E-state index contributed by atoms with van der Waals surface area (Å²) in [7, 11) is 0. The first-order chi connectivity index (χ1) is 13.0. The number of fused-ring (bicyclic) bond motifs is 1. The number of nitrogens with two attached hydrogens (primary N) is 1. The molecule has 0 aliphatic carbocycles. The van der Waals surface area contributed by atoms with Gasteiger partial charge in [-0.05, 0) is 55.6 Å². The highest BCUT2D eigenvalue weighted by molar-refractivity contribution is 6.07. The summed E-state index contributed by atoms with van der Waals surface area (Å²) >= 11 is 0. The molecule has 1 atom stereocenters. The molecule has 5 nitrogen and oxygen atoms in total. The molecule has 4 rings (SSSR count). The second-order valence-corrected chi connectivity index (χ2v) is 7.81. The maximum atomic E-state index is 13.4. The van der Waals surface area contributed by atoms with E-state index >= 15 is 0 Å². The second kappa shape index (κ2) is 9.08. The lowest BCUT2D eigenvalue weighted by atomic mass is 9.90. The van der Waals surface area contributed by atoms with Crippen LogP contribution in [0.25, 0.3) is 22.2 Å². The molecule has 0 spiro atoms. The number of carbonyl (C=O) groups is 1. The van der Waals surface area contributed by atoms with Crippen LogP contribution in [0.4, 0.5) is 0 Å². The Morgan fingerprint density at radius 3 is 2.69 bits per heavy atom. The van der Waals surface area contributed by atoms with E-state index in [2.05, 4.69) is 11.9 Å². The summed E-state index contributed by atoms with van der Waals surface area (Å²) in [5, 5.41) is 0.897. The van der Waals surface area contributed by atoms with E-state index in [-0.39, 0.29) is 36.1 Å². The summed E-state index contributed by atoms with van der Waals surface area (Å²) in [6.45, 7) is 6.21. The summed E-state index contributed by atoms with van der Waals surface area (Å²) in [4.78, 5) is 24.3. The van der Waals surface area contributed by atoms with Crippen molar-refractivity contribution in [3.05, 3.63) is 59.9 Å². The summed E-state index contributed by atoms with van der Waals surface area (Å²) in [5.41, 5.74) is 10.2. The van der Waals surface area contributed by atoms with Gasteiger partial charge in [-0.2, -0.15) is 0 Å². The van der Waals surface area contributed by atoms with E-state index < -0.39 is 0 Å². The van der Waals surface area contributed by atoms with Gasteiger partial charge < -0.3 is 10.6 Å². The number of benzene rings is 1. The van der Waals surface area contributed by atoms with Crippen molar-refractivity contribution in [3.8, 4) is 11.3 Å². The average Bonchev–Trinajstić information content (AvgIpc) is 3.10. The van der Waals surface area contributed by atoms with Gasteiger partial charge in [0.2, 0.25) is 0 Å². The minimum Gasteiger partial charge on any atom is -0.338 e. The molecule has 1 saturated heterocycles. The molecule has 1 aliphatic rings. The van der Waals surface area contributed by atoms with Gasteiger partial charge in [0.15, 0.2) is 0 Å². The minimum atomic E-state index is 0. The van der Waals surface area contributed by atoms with E-state index in [0.29, 0.717) is 18.7 Å². The Kier molecular flexibility index (Phi) is 7.22. The van der Waals surface area contributed by atoms with Crippen LogP contribution >= 0.6 is 24.8 Å². The molecule has 2 aromatic heterocycles. The van der Waals surface area contributed by atoms with Crippen LogP contribution in [0.1, 0.15) is 29.3 Å². The summed E-state index contributed by atoms with van der Waals surface area (Å²) in [5.74, 6) is 0.0512. The van der Waals surface area contributed by atoms with Crippen molar-refractivity contribution < 1.29 is 4.79 Å². The van der Waals surface area contributed by atoms with Gasteiger partial charge in [0.05, 0.1) is 16.8 Å². The van der Waals surface area contributed by atoms with Gasteiger partial charge in [-0.15, -0.1) is 24.8 Å². The molecule has 3 heterocycles. The van der Waals surface area contributed by atoms with E-state index in [0.717, 1.165) is 40.7 Å². The molecule has 154 valence electrons. The van der Waals surface area contributed by atoms with Crippen LogP contribution in [0.2, 0.25) is 0 Å². The normalized spacial score (nSPS) is 18.2. The zero-order valence-corrected chi connectivity index (χ0v) is 18.2.